The first-order valence-corrected chi connectivity index (χ1v) is 8.17. The number of hydrogen-bond donors (Lipinski definition) is 0. The Morgan fingerprint density at radius 1 is 1.26 bits per heavy atom. The van der Waals surface area contributed by atoms with Crippen LogP contribution in [0.25, 0.3) is 0 Å². The molecule has 0 bridgehead atoms. The highest BCUT2D eigenvalue weighted by molar-refractivity contribution is 7.89. The van der Waals surface area contributed by atoms with E-state index in [-0.39, 0.29) is 6.04 Å². The molecule has 3 rings (SSSR count). The highest BCUT2D eigenvalue weighted by Gasteiger charge is 2.43. The maximum absolute atomic E-state index is 13.7. The monoisotopic (exact) mass is 284 g/mol. The Labute approximate surface area is 112 Å². The van der Waals surface area contributed by atoms with Gasteiger partial charge in [0, 0.05) is 18.8 Å². The van der Waals surface area contributed by atoms with Crippen molar-refractivity contribution in [2.75, 3.05) is 6.54 Å². The van der Waals surface area contributed by atoms with Crippen molar-refractivity contribution in [3.8, 4) is 0 Å². The van der Waals surface area contributed by atoms with E-state index in [0.29, 0.717) is 12.5 Å². The molecule has 4 nitrogen and oxygen atoms in total. The van der Waals surface area contributed by atoms with E-state index in [0.717, 1.165) is 31.7 Å². The molecule has 104 valence electrons. The van der Waals surface area contributed by atoms with Crippen LogP contribution in [0.3, 0.4) is 0 Å². The Morgan fingerprint density at radius 3 is 2.84 bits per heavy atom. The zero-order valence-electron chi connectivity index (χ0n) is 10.6. The summed E-state index contributed by atoms with van der Waals surface area (Å²) in [6.07, 6.45) is 6.41. The van der Waals surface area contributed by atoms with Gasteiger partial charge < -0.3 is 0 Å². The van der Waals surface area contributed by atoms with Crippen molar-refractivity contribution in [3.05, 3.63) is 24.1 Å². The minimum absolute atomic E-state index is 0.0418. The van der Waals surface area contributed by atoms with Crippen molar-refractivity contribution in [1.29, 1.82) is 0 Å². The van der Waals surface area contributed by atoms with Crippen molar-refractivity contribution in [2.45, 2.75) is 43.2 Å². The van der Waals surface area contributed by atoms with Gasteiger partial charge in [0.1, 0.15) is 0 Å². The Balaban J connectivity index is 1.95. The summed E-state index contributed by atoms with van der Waals surface area (Å²) in [6.45, 7) is 0.494. The van der Waals surface area contributed by atoms with Gasteiger partial charge in [0.25, 0.3) is 10.0 Å². The van der Waals surface area contributed by atoms with E-state index in [1.165, 1.54) is 23.0 Å². The smallest absolute Gasteiger partial charge is 0.241 e. The van der Waals surface area contributed by atoms with Crippen LogP contribution in [-0.2, 0) is 10.0 Å². The maximum Gasteiger partial charge on any atom is 0.263 e. The lowest BCUT2D eigenvalue weighted by atomic mass is 9.86. The molecule has 1 saturated carbocycles. The first-order valence-electron chi connectivity index (χ1n) is 6.73. The summed E-state index contributed by atoms with van der Waals surface area (Å²) < 4.78 is 40.2. The highest BCUT2D eigenvalue weighted by Crippen LogP contribution is 2.39. The second-order valence-electron chi connectivity index (χ2n) is 5.31. The molecule has 1 aromatic heterocycles. The van der Waals surface area contributed by atoms with Gasteiger partial charge in [0.15, 0.2) is 5.82 Å². The molecule has 0 amide bonds. The third-order valence-corrected chi connectivity index (χ3v) is 6.10. The van der Waals surface area contributed by atoms with Crippen LogP contribution in [0, 0.1) is 11.7 Å². The van der Waals surface area contributed by atoms with Crippen LogP contribution in [0.15, 0.2) is 23.4 Å². The second-order valence-corrected chi connectivity index (χ2v) is 7.11. The molecule has 2 fully saturated rings. The van der Waals surface area contributed by atoms with E-state index in [1.807, 2.05) is 0 Å². The molecule has 1 aliphatic carbocycles. The average molecular weight is 284 g/mol. The molecule has 0 radical (unpaired) electrons. The zero-order chi connectivity index (χ0) is 13.5. The first-order chi connectivity index (χ1) is 9.10. The van der Waals surface area contributed by atoms with Crippen molar-refractivity contribution >= 4 is 10.0 Å². The molecule has 2 aliphatic rings. The quantitative estimate of drug-likeness (QED) is 0.836. The van der Waals surface area contributed by atoms with Crippen LogP contribution in [-0.4, -0.2) is 30.3 Å². The Morgan fingerprint density at radius 2 is 2.05 bits per heavy atom. The minimum Gasteiger partial charge on any atom is -0.241 e. The molecule has 2 heterocycles. The standard InChI is InChI=1S/C13H17FN2O2S/c14-11-5-3-8-15-13(11)19(17,18)16-9-7-10-4-1-2-6-12(10)16/h3,5,8,10,12H,1-2,4,6-7,9H2. The SMILES string of the molecule is O=S(=O)(c1ncccc1F)N1CCC2CCCCC21. The molecule has 1 aromatic rings. The minimum atomic E-state index is -3.79. The number of sulfonamides is 1. The molecule has 6 heteroatoms. The summed E-state index contributed by atoms with van der Waals surface area (Å²) in [5, 5.41) is -0.429. The van der Waals surface area contributed by atoms with Crippen LogP contribution in [0.5, 0.6) is 0 Å². The predicted octanol–water partition coefficient (Wildman–Crippen LogP) is 2.17. The van der Waals surface area contributed by atoms with Gasteiger partial charge in [-0.2, -0.15) is 4.31 Å². The molecule has 2 atom stereocenters. The summed E-state index contributed by atoms with van der Waals surface area (Å²) >= 11 is 0. The lowest BCUT2D eigenvalue weighted by molar-refractivity contribution is 0.259. The van der Waals surface area contributed by atoms with Gasteiger partial charge in [-0.15, -0.1) is 0 Å². The molecular weight excluding hydrogens is 267 g/mol. The normalized spacial score (nSPS) is 28.3. The van der Waals surface area contributed by atoms with Gasteiger partial charge in [0.05, 0.1) is 0 Å². The number of aromatic nitrogens is 1. The second kappa shape index (κ2) is 4.83. The molecule has 0 aromatic carbocycles. The molecule has 2 unspecified atom stereocenters. The Kier molecular flexibility index (Phi) is 3.30. The van der Waals surface area contributed by atoms with Crippen LogP contribution in [0.2, 0.25) is 0 Å². The molecule has 19 heavy (non-hydrogen) atoms. The van der Waals surface area contributed by atoms with Crippen molar-refractivity contribution in [2.24, 2.45) is 5.92 Å². The van der Waals surface area contributed by atoms with Crippen LogP contribution in [0.4, 0.5) is 4.39 Å². The van der Waals surface area contributed by atoms with Crippen LogP contribution < -0.4 is 0 Å². The van der Waals surface area contributed by atoms with E-state index in [9.17, 15) is 12.8 Å². The van der Waals surface area contributed by atoms with E-state index in [1.54, 1.807) is 0 Å². The Bertz CT molecular complexity index is 576. The van der Waals surface area contributed by atoms with Gasteiger partial charge in [-0.25, -0.2) is 17.8 Å². The largest absolute Gasteiger partial charge is 0.263 e. The van der Waals surface area contributed by atoms with E-state index in [2.05, 4.69) is 4.98 Å². The highest BCUT2D eigenvalue weighted by atomic mass is 32.2. The lowest BCUT2D eigenvalue weighted by Gasteiger charge is -2.30. The third kappa shape index (κ3) is 2.17. The lowest BCUT2D eigenvalue weighted by Crippen LogP contribution is -2.39. The maximum atomic E-state index is 13.7. The van der Waals surface area contributed by atoms with Crippen LogP contribution >= 0.6 is 0 Å². The van der Waals surface area contributed by atoms with Gasteiger partial charge in [0.2, 0.25) is 5.03 Å². The zero-order valence-corrected chi connectivity index (χ0v) is 11.4. The van der Waals surface area contributed by atoms with Crippen molar-refractivity contribution in [3.63, 3.8) is 0 Å². The predicted molar refractivity (Wildman–Crippen MR) is 68.4 cm³/mol. The van der Waals surface area contributed by atoms with Crippen molar-refractivity contribution < 1.29 is 12.8 Å². The number of rotatable bonds is 2. The average Bonchev–Trinajstić information content (AvgIpc) is 2.83. The number of halogens is 1. The Hall–Kier alpha value is -1.01. The topological polar surface area (TPSA) is 50.3 Å². The first kappa shape index (κ1) is 13.0. The summed E-state index contributed by atoms with van der Waals surface area (Å²) in [7, 11) is -3.79. The number of pyridine rings is 1. The molecule has 1 aliphatic heterocycles. The fraction of sp³-hybridized carbons (Fsp3) is 0.615. The number of nitrogens with zero attached hydrogens (tertiary/aromatic N) is 2. The summed E-state index contributed by atoms with van der Waals surface area (Å²) in [5.41, 5.74) is 0. The fourth-order valence-electron chi connectivity index (χ4n) is 3.33. The number of hydrogen-bond acceptors (Lipinski definition) is 3. The van der Waals surface area contributed by atoms with Crippen LogP contribution in [0.1, 0.15) is 32.1 Å². The summed E-state index contributed by atoms with van der Waals surface area (Å²) in [6, 6.07) is 2.59. The third-order valence-electron chi connectivity index (χ3n) is 4.24. The molecular formula is C13H17FN2O2S. The van der Waals surface area contributed by atoms with E-state index < -0.39 is 20.9 Å². The molecule has 0 N–H and O–H groups in total. The summed E-state index contributed by atoms with van der Waals surface area (Å²) in [4.78, 5) is 3.73. The summed E-state index contributed by atoms with van der Waals surface area (Å²) in [5.74, 6) is -0.322. The van der Waals surface area contributed by atoms with Gasteiger partial charge in [-0.05, 0) is 37.3 Å². The van der Waals surface area contributed by atoms with Gasteiger partial charge >= 0.3 is 0 Å². The van der Waals surface area contributed by atoms with E-state index in [4.69, 9.17) is 0 Å². The van der Waals surface area contributed by atoms with Gasteiger partial charge in [-0.3, -0.25) is 0 Å². The fourth-order valence-corrected chi connectivity index (χ4v) is 5.04. The van der Waals surface area contributed by atoms with Gasteiger partial charge in [-0.1, -0.05) is 12.8 Å². The molecule has 0 spiro atoms. The van der Waals surface area contributed by atoms with Crippen molar-refractivity contribution in [1.82, 2.24) is 9.29 Å². The molecule has 1 saturated heterocycles. The number of fused-ring (bicyclic) bond motifs is 1. The van der Waals surface area contributed by atoms with E-state index >= 15 is 0 Å².